The summed E-state index contributed by atoms with van der Waals surface area (Å²) >= 11 is 0. The van der Waals surface area contributed by atoms with Crippen molar-refractivity contribution in [2.45, 2.75) is 64.1 Å². The third-order valence-corrected chi connectivity index (χ3v) is 8.62. The molecule has 3 aromatic rings. The summed E-state index contributed by atoms with van der Waals surface area (Å²) in [4.78, 5) is 37.1. The number of nitrogens with one attached hydrogen (secondary N) is 2. The van der Waals surface area contributed by atoms with Gasteiger partial charge in [0.2, 0.25) is 11.8 Å². The number of rotatable bonds is 11. The van der Waals surface area contributed by atoms with E-state index in [0.717, 1.165) is 53.7 Å². The van der Waals surface area contributed by atoms with Gasteiger partial charge in [-0.3, -0.25) is 14.5 Å². The lowest BCUT2D eigenvalue weighted by Crippen LogP contribution is -2.52. The summed E-state index contributed by atoms with van der Waals surface area (Å²) in [5.41, 5.74) is 2.99. The molecule has 2 saturated heterocycles. The molecule has 0 spiro atoms. The first-order valence-corrected chi connectivity index (χ1v) is 15.3. The minimum Gasteiger partial charge on any atom is -0.494 e. The summed E-state index contributed by atoms with van der Waals surface area (Å²) in [6.07, 6.45) is 8.54. The molecule has 1 unspecified atom stereocenters. The van der Waals surface area contributed by atoms with Crippen LogP contribution in [0.25, 0.3) is 10.9 Å². The zero-order chi connectivity index (χ0) is 28.6. The standard InChI is InChI=1S/C33H45N5O3/c1-3-41-31-14-8-5-11-25(31)23-36(2)33(40)30(21-26-22-34-29-13-7-6-12-28(26)29)35-32(39)24-37-19-15-27(16-20-37)38-17-9-4-10-18-38/h5-8,11-14,22,27,30,34H,3-4,9-10,15-21,23-24H2,1-2H3,(H,35,39). The Kier molecular flexibility index (Phi) is 9.96. The van der Waals surface area contributed by atoms with E-state index in [1.165, 1.54) is 32.4 Å². The normalized spacial score (nSPS) is 17.8. The van der Waals surface area contributed by atoms with Gasteiger partial charge in [0.25, 0.3) is 0 Å². The van der Waals surface area contributed by atoms with Gasteiger partial charge in [-0.25, -0.2) is 0 Å². The Balaban J connectivity index is 1.25. The highest BCUT2D eigenvalue weighted by molar-refractivity contribution is 5.90. The molecule has 2 aromatic carbocycles. The first kappa shape index (κ1) is 29.1. The van der Waals surface area contributed by atoms with E-state index in [0.29, 0.717) is 32.2 Å². The lowest BCUT2D eigenvalue weighted by Gasteiger charge is -2.40. The number of ether oxygens (including phenoxy) is 1. The van der Waals surface area contributed by atoms with Crippen molar-refractivity contribution in [2.24, 2.45) is 0 Å². The number of benzene rings is 2. The van der Waals surface area contributed by atoms with Crippen LogP contribution in [0.1, 0.15) is 50.2 Å². The van der Waals surface area contributed by atoms with Crippen LogP contribution in [0.3, 0.4) is 0 Å². The number of likely N-dealkylation sites (N-methyl/N-ethyl adjacent to an activating group) is 1. The van der Waals surface area contributed by atoms with Gasteiger partial charge >= 0.3 is 0 Å². The highest BCUT2D eigenvalue weighted by atomic mass is 16.5. The van der Waals surface area contributed by atoms with Gasteiger partial charge in [-0.15, -0.1) is 0 Å². The molecule has 2 N–H and O–H groups in total. The molecule has 3 heterocycles. The fourth-order valence-corrected chi connectivity index (χ4v) is 6.42. The average Bonchev–Trinajstić information content (AvgIpc) is 3.41. The molecule has 220 valence electrons. The molecule has 5 rings (SSSR count). The van der Waals surface area contributed by atoms with Crippen molar-refractivity contribution in [1.82, 2.24) is 25.0 Å². The predicted octanol–water partition coefficient (Wildman–Crippen LogP) is 4.20. The number of carbonyl (C=O) groups excluding carboxylic acids is 2. The maximum atomic E-state index is 13.9. The minimum atomic E-state index is -0.670. The first-order chi connectivity index (χ1) is 20.0. The average molecular weight is 560 g/mol. The maximum Gasteiger partial charge on any atom is 0.245 e. The fraction of sp³-hybridized carbons (Fsp3) is 0.515. The molecule has 2 amide bonds. The van der Waals surface area contributed by atoms with E-state index in [-0.39, 0.29) is 11.8 Å². The largest absolute Gasteiger partial charge is 0.494 e. The van der Waals surface area contributed by atoms with Gasteiger partial charge in [0, 0.05) is 61.8 Å². The number of hydrogen-bond acceptors (Lipinski definition) is 5. The van der Waals surface area contributed by atoms with Crippen LogP contribution in [-0.2, 0) is 22.6 Å². The van der Waals surface area contributed by atoms with Crippen LogP contribution in [0, 0.1) is 0 Å². The molecule has 2 aliphatic rings. The second-order valence-electron chi connectivity index (χ2n) is 11.5. The monoisotopic (exact) mass is 559 g/mol. The number of aromatic amines is 1. The smallest absolute Gasteiger partial charge is 0.245 e. The Bertz CT molecular complexity index is 1290. The molecular formula is C33H45N5O3. The van der Waals surface area contributed by atoms with Gasteiger partial charge in [-0.2, -0.15) is 0 Å². The zero-order valence-corrected chi connectivity index (χ0v) is 24.6. The lowest BCUT2D eigenvalue weighted by atomic mass is 10.00. The number of aromatic nitrogens is 1. The summed E-state index contributed by atoms with van der Waals surface area (Å²) in [7, 11) is 1.80. The van der Waals surface area contributed by atoms with Crippen molar-refractivity contribution in [3.63, 3.8) is 0 Å². The molecule has 8 heteroatoms. The van der Waals surface area contributed by atoms with E-state index in [2.05, 4.69) is 26.2 Å². The van der Waals surface area contributed by atoms with E-state index in [1.807, 2.05) is 55.6 Å². The lowest BCUT2D eigenvalue weighted by molar-refractivity contribution is -0.136. The van der Waals surface area contributed by atoms with Gasteiger partial charge in [0.1, 0.15) is 11.8 Å². The minimum absolute atomic E-state index is 0.0947. The van der Waals surface area contributed by atoms with E-state index in [1.54, 1.807) is 11.9 Å². The van der Waals surface area contributed by atoms with Gasteiger partial charge in [0.05, 0.1) is 13.2 Å². The third-order valence-electron chi connectivity index (χ3n) is 8.62. The van der Waals surface area contributed by atoms with Crippen molar-refractivity contribution in [3.8, 4) is 5.75 Å². The molecule has 1 aromatic heterocycles. The Morgan fingerprint density at radius 2 is 1.73 bits per heavy atom. The molecule has 0 radical (unpaired) electrons. The number of piperidine rings is 2. The number of amides is 2. The topological polar surface area (TPSA) is 80.9 Å². The molecule has 8 nitrogen and oxygen atoms in total. The number of likely N-dealkylation sites (tertiary alicyclic amines) is 2. The van der Waals surface area contributed by atoms with E-state index in [9.17, 15) is 9.59 Å². The molecular weight excluding hydrogens is 514 g/mol. The molecule has 41 heavy (non-hydrogen) atoms. The Labute approximate surface area is 244 Å². The van der Waals surface area contributed by atoms with Crippen LogP contribution in [0.4, 0.5) is 0 Å². The zero-order valence-electron chi connectivity index (χ0n) is 24.6. The Hall–Kier alpha value is -3.36. The molecule has 2 aliphatic heterocycles. The fourth-order valence-electron chi connectivity index (χ4n) is 6.42. The van der Waals surface area contributed by atoms with Gasteiger partial charge in [-0.05, 0) is 63.4 Å². The van der Waals surface area contributed by atoms with Crippen LogP contribution in [0.5, 0.6) is 5.75 Å². The summed E-state index contributed by atoms with van der Waals surface area (Å²) in [6.45, 7) is 7.50. The first-order valence-electron chi connectivity index (χ1n) is 15.3. The van der Waals surface area contributed by atoms with Gasteiger partial charge < -0.3 is 24.8 Å². The van der Waals surface area contributed by atoms with Crippen LogP contribution in [0.15, 0.2) is 54.7 Å². The summed E-state index contributed by atoms with van der Waals surface area (Å²) < 4.78 is 5.79. The molecule has 2 fully saturated rings. The Morgan fingerprint density at radius 1 is 1.00 bits per heavy atom. The molecule has 1 atom stereocenters. The highest BCUT2D eigenvalue weighted by Gasteiger charge is 2.29. The molecule has 0 saturated carbocycles. The van der Waals surface area contributed by atoms with E-state index in [4.69, 9.17) is 4.74 Å². The van der Waals surface area contributed by atoms with Crippen molar-refractivity contribution >= 4 is 22.7 Å². The predicted molar refractivity (Wildman–Crippen MR) is 163 cm³/mol. The molecule has 0 aliphatic carbocycles. The van der Waals surface area contributed by atoms with Crippen molar-refractivity contribution in [2.75, 3.05) is 46.4 Å². The quantitative estimate of drug-likeness (QED) is 0.368. The second-order valence-corrected chi connectivity index (χ2v) is 11.5. The van der Waals surface area contributed by atoms with Gasteiger partial charge in [0.15, 0.2) is 0 Å². The summed E-state index contributed by atoms with van der Waals surface area (Å²) in [5, 5.41) is 4.19. The SMILES string of the molecule is CCOc1ccccc1CN(C)C(=O)C(Cc1c[nH]c2ccccc12)NC(=O)CN1CCC(N2CCCCC2)CC1. The van der Waals surface area contributed by atoms with E-state index < -0.39 is 6.04 Å². The van der Waals surface area contributed by atoms with E-state index >= 15 is 0 Å². The number of hydrogen-bond donors (Lipinski definition) is 2. The molecule has 0 bridgehead atoms. The van der Waals surface area contributed by atoms with Gasteiger partial charge in [-0.1, -0.05) is 42.8 Å². The van der Waals surface area contributed by atoms with Crippen molar-refractivity contribution in [1.29, 1.82) is 0 Å². The number of fused-ring (bicyclic) bond motifs is 1. The van der Waals surface area contributed by atoms with Crippen molar-refractivity contribution in [3.05, 3.63) is 65.9 Å². The number of nitrogens with zero attached hydrogens (tertiary/aromatic N) is 3. The second kappa shape index (κ2) is 14.0. The maximum absolute atomic E-state index is 13.9. The van der Waals surface area contributed by atoms with Crippen LogP contribution < -0.4 is 10.1 Å². The van der Waals surface area contributed by atoms with Crippen molar-refractivity contribution < 1.29 is 14.3 Å². The summed E-state index contributed by atoms with van der Waals surface area (Å²) in [5.74, 6) is 0.571. The number of para-hydroxylation sites is 2. The number of H-pyrrole nitrogens is 1. The third kappa shape index (κ3) is 7.49. The summed E-state index contributed by atoms with van der Waals surface area (Å²) in [6, 6.07) is 15.8. The Morgan fingerprint density at radius 3 is 2.51 bits per heavy atom. The number of carbonyl (C=O) groups is 2. The van der Waals surface area contributed by atoms with Crippen LogP contribution >= 0.6 is 0 Å². The highest BCUT2D eigenvalue weighted by Crippen LogP contribution is 2.23. The van der Waals surface area contributed by atoms with Crippen LogP contribution in [0.2, 0.25) is 0 Å². The van der Waals surface area contributed by atoms with Crippen LogP contribution in [-0.4, -0.2) is 90.0 Å².